The highest BCUT2D eigenvalue weighted by Crippen LogP contribution is 2.28. The minimum Gasteiger partial charge on any atom is -0.306 e. The largest absolute Gasteiger partial charge is 0.306 e. The molecule has 2 nitrogen and oxygen atoms in total. The Hall–Kier alpha value is -2.61. The Balaban J connectivity index is 2.01. The SMILES string of the molecule is Cc1ccc2nc(-c3cccc4ccccc34)cn2c1. The van der Waals surface area contributed by atoms with E-state index >= 15 is 0 Å². The first kappa shape index (κ1) is 11.2. The first-order valence-corrected chi connectivity index (χ1v) is 6.75. The van der Waals surface area contributed by atoms with Crippen molar-refractivity contribution in [3.8, 4) is 11.3 Å². The molecule has 2 aromatic heterocycles. The normalized spacial score (nSPS) is 11.2. The Bertz CT molecular complexity index is 914. The summed E-state index contributed by atoms with van der Waals surface area (Å²) in [5.74, 6) is 0. The summed E-state index contributed by atoms with van der Waals surface area (Å²) >= 11 is 0. The van der Waals surface area contributed by atoms with Gasteiger partial charge in [-0.2, -0.15) is 0 Å². The highest BCUT2D eigenvalue weighted by molar-refractivity contribution is 5.95. The number of imidazole rings is 1. The highest BCUT2D eigenvalue weighted by atomic mass is 15.0. The van der Waals surface area contributed by atoms with Gasteiger partial charge in [-0.3, -0.25) is 0 Å². The number of fused-ring (bicyclic) bond motifs is 2. The lowest BCUT2D eigenvalue weighted by Crippen LogP contribution is -1.82. The molecule has 2 heterocycles. The predicted octanol–water partition coefficient (Wildman–Crippen LogP) is 4.46. The van der Waals surface area contributed by atoms with Gasteiger partial charge in [0.25, 0.3) is 0 Å². The van der Waals surface area contributed by atoms with Crippen molar-refractivity contribution in [2.45, 2.75) is 6.92 Å². The van der Waals surface area contributed by atoms with E-state index in [1.165, 1.54) is 21.9 Å². The van der Waals surface area contributed by atoms with E-state index in [1.54, 1.807) is 0 Å². The molecule has 0 spiro atoms. The van der Waals surface area contributed by atoms with E-state index in [4.69, 9.17) is 4.98 Å². The summed E-state index contributed by atoms with van der Waals surface area (Å²) in [5, 5.41) is 2.49. The third-order valence-corrected chi connectivity index (χ3v) is 3.66. The third-order valence-electron chi connectivity index (χ3n) is 3.66. The molecule has 4 aromatic rings. The molecule has 0 aliphatic rings. The van der Waals surface area contributed by atoms with Crippen LogP contribution in [0.5, 0.6) is 0 Å². The summed E-state index contributed by atoms with van der Waals surface area (Å²) in [7, 11) is 0. The quantitative estimate of drug-likeness (QED) is 0.492. The van der Waals surface area contributed by atoms with Gasteiger partial charge < -0.3 is 4.40 Å². The van der Waals surface area contributed by atoms with Crippen LogP contribution in [0.15, 0.2) is 67.0 Å². The molecule has 0 aliphatic carbocycles. The molecule has 20 heavy (non-hydrogen) atoms. The number of benzene rings is 2. The van der Waals surface area contributed by atoms with Gasteiger partial charge in [0.15, 0.2) is 0 Å². The molecule has 0 saturated heterocycles. The van der Waals surface area contributed by atoms with Gasteiger partial charge in [-0.15, -0.1) is 0 Å². The van der Waals surface area contributed by atoms with Gasteiger partial charge in [0.2, 0.25) is 0 Å². The monoisotopic (exact) mass is 258 g/mol. The van der Waals surface area contributed by atoms with E-state index in [-0.39, 0.29) is 0 Å². The van der Waals surface area contributed by atoms with Gasteiger partial charge in [0.1, 0.15) is 5.65 Å². The molecule has 2 heteroatoms. The van der Waals surface area contributed by atoms with Crippen molar-refractivity contribution in [3.63, 3.8) is 0 Å². The maximum absolute atomic E-state index is 4.74. The van der Waals surface area contributed by atoms with Crippen molar-refractivity contribution in [3.05, 3.63) is 72.6 Å². The molecular formula is C18H14N2. The summed E-state index contributed by atoms with van der Waals surface area (Å²) in [5.41, 5.74) is 4.43. The lowest BCUT2D eigenvalue weighted by atomic mass is 10.0. The molecule has 0 N–H and O–H groups in total. The highest BCUT2D eigenvalue weighted by Gasteiger charge is 2.07. The zero-order valence-corrected chi connectivity index (χ0v) is 11.2. The average Bonchev–Trinajstić information content (AvgIpc) is 2.89. The van der Waals surface area contributed by atoms with Crippen molar-refractivity contribution in [1.82, 2.24) is 9.38 Å². The van der Waals surface area contributed by atoms with Gasteiger partial charge in [0.05, 0.1) is 5.69 Å². The number of rotatable bonds is 1. The van der Waals surface area contributed by atoms with Crippen LogP contribution in [0.1, 0.15) is 5.56 Å². The van der Waals surface area contributed by atoms with Crippen molar-refractivity contribution in [2.24, 2.45) is 0 Å². The minimum absolute atomic E-state index is 0.985. The maximum Gasteiger partial charge on any atom is 0.137 e. The molecule has 0 saturated carbocycles. The lowest BCUT2D eigenvalue weighted by molar-refractivity contribution is 1.16. The van der Waals surface area contributed by atoms with Crippen LogP contribution in [0.3, 0.4) is 0 Å². The second-order valence-corrected chi connectivity index (χ2v) is 5.12. The van der Waals surface area contributed by atoms with Gasteiger partial charge >= 0.3 is 0 Å². The van der Waals surface area contributed by atoms with Crippen molar-refractivity contribution < 1.29 is 0 Å². The molecule has 0 radical (unpaired) electrons. The van der Waals surface area contributed by atoms with Gasteiger partial charge in [0, 0.05) is 18.0 Å². The van der Waals surface area contributed by atoms with Gasteiger partial charge in [-0.05, 0) is 29.3 Å². The molecule has 0 unspecified atom stereocenters. The van der Waals surface area contributed by atoms with E-state index < -0.39 is 0 Å². The maximum atomic E-state index is 4.74. The van der Waals surface area contributed by atoms with Crippen LogP contribution < -0.4 is 0 Å². The Morgan fingerprint density at radius 3 is 2.65 bits per heavy atom. The van der Waals surface area contributed by atoms with Gasteiger partial charge in [-0.1, -0.05) is 48.5 Å². The number of pyridine rings is 1. The van der Waals surface area contributed by atoms with Gasteiger partial charge in [-0.25, -0.2) is 4.98 Å². The summed E-state index contributed by atoms with van der Waals surface area (Å²) in [6.07, 6.45) is 4.21. The van der Waals surface area contributed by atoms with Crippen LogP contribution in [0, 0.1) is 6.92 Å². The van der Waals surface area contributed by atoms with Crippen LogP contribution in [-0.2, 0) is 0 Å². The van der Waals surface area contributed by atoms with E-state index in [2.05, 4.69) is 78.3 Å². The number of hydrogen-bond acceptors (Lipinski definition) is 1. The topological polar surface area (TPSA) is 17.3 Å². The molecule has 0 bridgehead atoms. The Kier molecular flexibility index (Phi) is 2.36. The van der Waals surface area contributed by atoms with Crippen molar-refractivity contribution >= 4 is 16.4 Å². The first-order chi connectivity index (χ1) is 9.81. The summed E-state index contributed by atoms with van der Waals surface area (Å²) in [6.45, 7) is 2.09. The number of aryl methyl sites for hydroxylation is 1. The van der Waals surface area contributed by atoms with Crippen LogP contribution in [0.2, 0.25) is 0 Å². The molecule has 0 aliphatic heterocycles. The smallest absolute Gasteiger partial charge is 0.137 e. The molecule has 96 valence electrons. The fourth-order valence-corrected chi connectivity index (χ4v) is 2.68. The molecule has 0 fully saturated rings. The Labute approximate surface area is 117 Å². The Morgan fingerprint density at radius 1 is 0.850 bits per heavy atom. The van der Waals surface area contributed by atoms with Crippen LogP contribution in [-0.4, -0.2) is 9.38 Å². The van der Waals surface area contributed by atoms with E-state index in [0.717, 1.165) is 11.3 Å². The minimum atomic E-state index is 0.985. The summed E-state index contributed by atoms with van der Waals surface area (Å²) in [6, 6.07) is 18.9. The molecule has 2 aromatic carbocycles. The summed E-state index contributed by atoms with van der Waals surface area (Å²) < 4.78 is 2.09. The predicted molar refractivity (Wildman–Crippen MR) is 82.9 cm³/mol. The van der Waals surface area contributed by atoms with Crippen LogP contribution in [0.25, 0.3) is 27.7 Å². The first-order valence-electron chi connectivity index (χ1n) is 6.75. The van der Waals surface area contributed by atoms with E-state index in [0.29, 0.717) is 0 Å². The fraction of sp³-hybridized carbons (Fsp3) is 0.0556. The Morgan fingerprint density at radius 2 is 1.70 bits per heavy atom. The molecule has 0 atom stereocenters. The molecule has 0 amide bonds. The van der Waals surface area contributed by atoms with E-state index in [9.17, 15) is 0 Å². The lowest BCUT2D eigenvalue weighted by Gasteiger charge is -2.02. The van der Waals surface area contributed by atoms with Crippen molar-refractivity contribution in [2.75, 3.05) is 0 Å². The van der Waals surface area contributed by atoms with Crippen LogP contribution >= 0.6 is 0 Å². The number of nitrogens with zero attached hydrogens (tertiary/aromatic N) is 2. The molecular weight excluding hydrogens is 244 g/mol. The zero-order chi connectivity index (χ0) is 13.5. The van der Waals surface area contributed by atoms with E-state index in [1.807, 2.05) is 0 Å². The average molecular weight is 258 g/mol. The third kappa shape index (κ3) is 1.69. The second kappa shape index (κ2) is 4.20. The zero-order valence-electron chi connectivity index (χ0n) is 11.2. The summed E-state index contributed by atoms with van der Waals surface area (Å²) in [4.78, 5) is 4.74. The second-order valence-electron chi connectivity index (χ2n) is 5.12. The molecule has 4 rings (SSSR count). The number of hydrogen-bond donors (Lipinski definition) is 0. The van der Waals surface area contributed by atoms with Crippen LogP contribution in [0.4, 0.5) is 0 Å². The standard InChI is InChI=1S/C18H14N2/c1-13-9-10-18-19-17(12-20(18)11-13)16-8-4-6-14-5-2-3-7-15(14)16/h2-12H,1H3. The van der Waals surface area contributed by atoms with Crippen molar-refractivity contribution in [1.29, 1.82) is 0 Å². The fourth-order valence-electron chi connectivity index (χ4n) is 2.68. The number of aromatic nitrogens is 2.